The Labute approximate surface area is 616 Å². The SMILES string of the molecule is CC(C)Oc1ccccc1N1CCN(C2CCC(NS(=O)(=O)Cc3ccccc3)CC2)CC1.COc1ccc(Br)cc1S(=O)(=O)NC1CCC(N2CCN(c3ccccc3OC(C)C)CC2)CC1.[C-]#[N+]c1ccccc1S(=O)(=O)NC1CCC(N2CCN(c3ccccc3OC(C)C)CC2)CC1. The summed E-state index contributed by atoms with van der Waals surface area (Å²) >= 11 is 3.36. The monoisotopic (exact) mass is 1520 g/mol. The number of para-hydroxylation sites is 7. The molecule has 6 aliphatic rings. The average Bonchev–Trinajstić information content (AvgIpc) is 0.804. The number of sulfonamides is 3. The molecule has 20 nitrogen and oxygen atoms in total. The molecule has 0 unspecified atom stereocenters. The summed E-state index contributed by atoms with van der Waals surface area (Å²) in [5, 5.41) is 0. The Bertz CT molecular complexity index is 4010. The van der Waals surface area contributed by atoms with Gasteiger partial charge in [-0.05, 0) is 179 Å². The maximum absolute atomic E-state index is 13.0. The van der Waals surface area contributed by atoms with Crippen molar-refractivity contribution in [3.05, 3.63) is 167 Å². The van der Waals surface area contributed by atoms with Gasteiger partial charge in [-0.25, -0.2) is 44.3 Å². The number of nitrogens with zero attached hydrogens (tertiary/aromatic N) is 7. The topological polar surface area (TPSA) is 199 Å². The first-order chi connectivity index (χ1) is 49.0. The Hall–Kier alpha value is -6.50. The van der Waals surface area contributed by atoms with E-state index in [-0.39, 0.29) is 57.7 Å². The van der Waals surface area contributed by atoms with Crippen molar-refractivity contribution < 1.29 is 44.2 Å². The van der Waals surface area contributed by atoms with E-state index in [2.05, 4.69) is 148 Å². The van der Waals surface area contributed by atoms with Gasteiger partial charge >= 0.3 is 0 Å². The Morgan fingerprint density at radius 1 is 0.422 bits per heavy atom. The minimum atomic E-state index is -3.69. The summed E-state index contributed by atoms with van der Waals surface area (Å²) in [7, 11) is -9.17. The fourth-order valence-corrected chi connectivity index (χ4v) is 20.1. The van der Waals surface area contributed by atoms with Gasteiger partial charge in [0, 0.05) is 119 Å². The molecule has 0 aromatic heterocycles. The lowest BCUT2D eigenvalue weighted by Crippen LogP contribution is -2.52. The van der Waals surface area contributed by atoms with Crippen LogP contribution in [0.2, 0.25) is 0 Å². The lowest BCUT2D eigenvalue weighted by Gasteiger charge is -2.43. The van der Waals surface area contributed by atoms with Crippen LogP contribution in [0.1, 0.15) is 124 Å². The molecule has 24 heteroatoms. The minimum absolute atomic E-state index is 0.0521. The molecule has 3 saturated heterocycles. The Morgan fingerprint density at radius 3 is 1.14 bits per heavy atom. The third-order valence-electron chi connectivity index (χ3n) is 20.2. The molecule has 0 atom stereocenters. The first kappa shape index (κ1) is 78.1. The summed E-state index contributed by atoms with van der Waals surface area (Å²) in [6, 6.07) is 47.2. The lowest BCUT2D eigenvalue weighted by molar-refractivity contribution is 0.139. The number of anilines is 3. The summed E-state index contributed by atoms with van der Waals surface area (Å²) in [4.78, 5) is 18.6. The van der Waals surface area contributed by atoms with Gasteiger partial charge in [0.1, 0.15) is 27.9 Å². The Kier molecular flexibility index (Phi) is 28.3. The van der Waals surface area contributed by atoms with Crippen LogP contribution in [0.3, 0.4) is 0 Å². The molecule has 0 radical (unpaired) electrons. The van der Waals surface area contributed by atoms with Crippen molar-refractivity contribution >= 4 is 68.7 Å². The van der Waals surface area contributed by atoms with Gasteiger partial charge < -0.3 is 33.6 Å². The third-order valence-corrected chi connectivity index (χ3v) is 25.2. The second kappa shape index (κ2) is 37.0. The second-order valence-corrected chi connectivity index (χ2v) is 34.5. The molecule has 0 spiro atoms. The number of methoxy groups -OCH3 is 1. The summed E-state index contributed by atoms with van der Waals surface area (Å²) in [5.74, 6) is 3.26. The smallest absolute Gasteiger partial charge is 0.244 e. The largest absolute Gasteiger partial charge is 0.495 e. The molecule has 6 aromatic carbocycles. The number of benzene rings is 6. The van der Waals surface area contributed by atoms with Gasteiger partial charge in [0.15, 0.2) is 0 Å². The number of ether oxygens (including phenoxy) is 4. The quantitative estimate of drug-likeness (QED) is 0.0511. The van der Waals surface area contributed by atoms with Crippen molar-refractivity contribution in [3.8, 4) is 23.0 Å². The van der Waals surface area contributed by atoms with Gasteiger partial charge in [-0.15, -0.1) is 0 Å². The molecule has 6 aromatic rings. The molecule has 6 fully saturated rings. The van der Waals surface area contributed by atoms with Crippen LogP contribution in [0.25, 0.3) is 4.85 Å². The molecule has 3 aliphatic heterocycles. The predicted molar refractivity (Wildman–Crippen MR) is 412 cm³/mol. The number of hydrogen-bond acceptors (Lipinski definition) is 16. The maximum Gasteiger partial charge on any atom is 0.244 e. The molecule has 3 saturated carbocycles. The summed E-state index contributed by atoms with van der Waals surface area (Å²) < 4.78 is 110. The molecule has 3 N–H and O–H groups in total. The number of nitrogens with one attached hydrogen (secondary N) is 3. The highest BCUT2D eigenvalue weighted by atomic mass is 79.9. The first-order valence-corrected chi connectivity index (χ1v) is 42.1. The molecule has 3 heterocycles. The first-order valence-electron chi connectivity index (χ1n) is 36.7. The van der Waals surface area contributed by atoms with Gasteiger partial charge in [-0.2, -0.15) is 0 Å². The zero-order valence-corrected chi connectivity index (χ0v) is 64.6. The average molecular weight is 1520 g/mol. The second-order valence-electron chi connectivity index (χ2n) is 28.5. The van der Waals surface area contributed by atoms with Crippen LogP contribution in [0, 0.1) is 6.57 Å². The molecule has 0 bridgehead atoms. The predicted octanol–water partition coefficient (Wildman–Crippen LogP) is 13.1. The van der Waals surface area contributed by atoms with E-state index >= 15 is 0 Å². The number of rotatable bonds is 23. The Balaban J connectivity index is 0.000000165. The minimum Gasteiger partial charge on any atom is -0.495 e. The fourth-order valence-electron chi connectivity index (χ4n) is 15.2. The van der Waals surface area contributed by atoms with Crippen molar-refractivity contribution in [3.63, 3.8) is 0 Å². The van der Waals surface area contributed by atoms with Crippen LogP contribution in [-0.4, -0.2) is 180 Å². The van der Waals surface area contributed by atoms with E-state index in [1.807, 2.05) is 60.7 Å². The van der Waals surface area contributed by atoms with E-state index in [0.29, 0.717) is 28.3 Å². The zero-order valence-electron chi connectivity index (χ0n) is 60.5. The number of piperazine rings is 3. The molecule has 3 aliphatic carbocycles. The molecular weight excluding hydrogens is 1410 g/mol. The summed E-state index contributed by atoms with van der Waals surface area (Å²) in [6.07, 6.45) is 11.6. The van der Waals surface area contributed by atoms with Crippen LogP contribution >= 0.6 is 15.9 Å². The maximum atomic E-state index is 13.0. The highest BCUT2D eigenvalue weighted by Gasteiger charge is 2.36. The van der Waals surface area contributed by atoms with Gasteiger partial charge in [0.2, 0.25) is 35.8 Å². The van der Waals surface area contributed by atoms with Gasteiger partial charge in [-0.3, -0.25) is 14.7 Å². The molecule has 12 rings (SSSR count). The summed E-state index contributed by atoms with van der Waals surface area (Å²) in [5.41, 5.74) is 4.51. The van der Waals surface area contributed by atoms with E-state index in [1.165, 1.54) is 24.6 Å². The van der Waals surface area contributed by atoms with Crippen molar-refractivity contribution in [2.24, 2.45) is 0 Å². The zero-order chi connectivity index (χ0) is 72.4. The van der Waals surface area contributed by atoms with Crippen LogP contribution in [0.4, 0.5) is 22.7 Å². The normalized spacial score (nSPS) is 22.0. The van der Waals surface area contributed by atoms with Crippen molar-refractivity contribution in [1.29, 1.82) is 0 Å². The van der Waals surface area contributed by atoms with E-state index < -0.39 is 30.1 Å². The highest BCUT2D eigenvalue weighted by Crippen LogP contribution is 2.37. The molecule has 554 valence electrons. The van der Waals surface area contributed by atoms with Crippen LogP contribution in [-0.2, 0) is 35.8 Å². The highest BCUT2D eigenvalue weighted by molar-refractivity contribution is 9.10. The van der Waals surface area contributed by atoms with E-state index in [4.69, 9.17) is 25.5 Å². The van der Waals surface area contributed by atoms with Gasteiger partial charge in [0.25, 0.3) is 0 Å². The molecule has 102 heavy (non-hydrogen) atoms. The Morgan fingerprint density at radius 2 is 0.765 bits per heavy atom. The van der Waals surface area contributed by atoms with E-state index in [1.54, 1.807) is 36.4 Å². The van der Waals surface area contributed by atoms with Crippen molar-refractivity contribution in [2.75, 3.05) is 100 Å². The van der Waals surface area contributed by atoms with Gasteiger partial charge in [-0.1, -0.05) is 107 Å². The van der Waals surface area contributed by atoms with Gasteiger partial charge in [0.05, 0.1) is 59.7 Å². The molecule has 0 amide bonds. The third kappa shape index (κ3) is 22.0. The van der Waals surface area contributed by atoms with Crippen LogP contribution in [0.15, 0.2) is 160 Å². The van der Waals surface area contributed by atoms with E-state index in [0.717, 1.165) is 184 Å². The van der Waals surface area contributed by atoms with Crippen LogP contribution < -0.4 is 47.8 Å². The van der Waals surface area contributed by atoms with Crippen molar-refractivity contribution in [2.45, 2.75) is 189 Å². The standard InChI is InChI=1S/C26H36BrN3O4S.C26H34N4O3S.C26H37N3O3S/c1-19(2)34-24-7-5-4-6-23(24)30-16-14-29(15-17-30)22-11-9-21(10-12-22)28-35(31,32)26-18-20(27)8-13-25(26)33-3;1-20(2)33-25-10-6-5-9-24(25)30-18-16-29(17-19-30)22-14-12-21(13-15-22)28-34(31,32)26-11-7-4-8-23(26)27-3;1-21(2)32-26-11-7-6-10-25(26)29-18-16-28(17-19-29)24-14-12-23(13-15-24)27-33(30,31)20-22-8-4-3-5-9-22/h4-8,13,18-19,21-22,28H,9-12,14-17H2,1-3H3;4-11,20-22,28H,12-19H2,1-2H3;3-11,21,23-24,27H,12-20H2,1-2H3. The fraction of sp³-hybridized carbons (Fsp3) is 0.526. The molecular formula is C78H107BrN10O10S3. The van der Waals surface area contributed by atoms with E-state index in [9.17, 15) is 25.3 Å². The summed E-state index contributed by atoms with van der Waals surface area (Å²) in [6.45, 7) is 31.5. The lowest BCUT2D eigenvalue weighted by atomic mass is 9.90. The van der Waals surface area contributed by atoms with Crippen molar-refractivity contribution in [1.82, 2.24) is 28.9 Å². The van der Waals surface area contributed by atoms with Crippen LogP contribution in [0.5, 0.6) is 23.0 Å². The number of hydrogen-bond donors (Lipinski definition) is 3. The number of halogens is 1.